The lowest BCUT2D eigenvalue weighted by Gasteiger charge is -2.16. The highest BCUT2D eigenvalue weighted by molar-refractivity contribution is 6.34. The largest absolute Gasteiger partial charge is 0.355 e. The molecule has 4 nitrogen and oxygen atoms in total. The molecule has 2 aromatic rings. The van der Waals surface area contributed by atoms with Crippen molar-refractivity contribution in [3.05, 3.63) is 64.7 Å². The van der Waals surface area contributed by atoms with Crippen molar-refractivity contribution in [1.82, 2.24) is 5.32 Å². The van der Waals surface area contributed by atoms with Gasteiger partial charge < -0.3 is 10.6 Å². The molecule has 0 saturated heterocycles. The van der Waals surface area contributed by atoms with Crippen LogP contribution < -0.4 is 10.6 Å². The van der Waals surface area contributed by atoms with Gasteiger partial charge in [-0.3, -0.25) is 9.59 Å². The Kier molecular flexibility index (Phi) is 5.09. The lowest BCUT2D eigenvalue weighted by Crippen LogP contribution is -2.35. The molecule has 5 heteroatoms. The zero-order chi connectivity index (χ0) is 17.9. The number of amides is 2. The van der Waals surface area contributed by atoms with E-state index in [9.17, 15) is 9.59 Å². The van der Waals surface area contributed by atoms with Gasteiger partial charge in [-0.1, -0.05) is 42.8 Å². The van der Waals surface area contributed by atoms with Crippen molar-refractivity contribution in [2.24, 2.45) is 0 Å². The van der Waals surface area contributed by atoms with Crippen LogP contribution in [0.1, 0.15) is 42.1 Å². The molecule has 3 rings (SSSR count). The van der Waals surface area contributed by atoms with E-state index in [4.69, 9.17) is 11.6 Å². The SMILES string of the molecule is CCCNC(=O)C1(c2ccc(NC(=O)c3ccccc3Cl)cc2)CC1. The van der Waals surface area contributed by atoms with Crippen molar-refractivity contribution in [3.63, 3.8) is 0 Å². The normalized spacial score (nSPS) is 14.6. The summed E-state index contributed by atoms with van der Waals surface area (Å²) in [5.41, 5.74) is 1.72. The smallest absolute Gasteiger partial charge is 0.257 e. The molecule has 0 unspecified atom stereocenters. The van der Waals surface area contributed by atoms with E-state index in [0.29, 0.717) is 22.8 Å². The first-order valence-electron chi connectivity index (χ1n) is 8.51. The third kappa shape index (κ3) is 3.69. The minimum absolute atomic E-state index is 0.0993. The van der Waals surface area contributed by atoms with Crippen LogP contribution in [-0.4, -0.2) is 18.4 Å². The highest BCUT2D eigenvalue weighted by Gasteiger charge is 2.50. The summed E-state index contributed by atoms with van der Waals surface area (Å²) >= 11 is 6.05. The minimum Gasteiger partial charge on any atom is -0.355 e. The fourth-order valence-electron chi connectivity index (χ4n) is 2.90. The maximum atomic E-state index is 12.4. The number of hydrogen-bond acceptors (Lipinski definition) is 2. The number of carbonyl (C=O) groups excluding carboxylic acids is 2. The van der Waals surface area contributed by atoms with Crippen molar-refractivity contribution < 1.29 is 9.59 Å². The molecule has 0 aromatic heterocycles. The zero-order valence-corrected chi connectivity index (χ0v) is 14.9. The number of benzene rings is 2. The number of hydrogen-bond donors (Lipinski definition) is 2. The summed E-state index contributed by atoms with van der Waals surface area (Å²) in [5, 5.41) is 6.24. The first-order chi connectivity index (χ1) is 12.1. The molecule has 0 heterocycles. The first-order valence-corrected chi connectivity index (χ1v) is 8.89. The second-order valence-corrected chi connectivity index (χ2v) is 6.76. The molecule has 1 saturated carbocycles. The van der Waals surface area contributed by atoms with Gasteiger partial charge in [0.1, 0.15) is 0 Å². The molecule has 1 fully saturated rings. The summed E-state index contributed by atoms with van der Waals surface area (Å²) in [7, 11) is 0. The van der Waals surface area contributed by atoms with Crippen molar-refractivity contribution in [3.8, 4) is 0 Å². The molecule has 0 aliphatic heterocycles. The summed E-state index contributed by atoms with van der Waals surface area (Å²) in [4.78, 5) is 24.7. The summed E-state index contributed by atoms with van der Waals surface area (Å²) in [6, 6.07) is 14.4. The third-order valence-electron chi connectivity index (χ3n) is 4.53. The molecule has 1 aliphatic carbocycles. The van der Waals surface area contributed by atoms with E-state index >= 15 is 0 Å². The lowest BCUT2D eigenvalue weighted by atomic mass is 9.94. The van der Waals surface area contributed by atoms with Crippen LogP contribution >= 0.6 is 11.6 Å². The fraction of sp³-hybridized carbons (Fsp3) is 0.300. The summed E-state index contributed by atoms with van der Waals surface area (Å²) in [6.07, 6.45) is 2.66. The van der Waals surface area contributed by atoms with Crippen molar-refractivity contribution >= 4 is 29.1 Å². The van der Waals surface area contributed by atoms with E-state index in [-0.39, 0.29) is 17.2 Å². The summed E-state index contributed by atoms with van der Waals surface area (Å²) < 4.78 is 0. The summed E-state index contributed by atoms with van der Waals surface area (Å²) in [6.45, 7) is 2.74. The number of nitrogens with one attached hydrogen (secondary N) is 2. The van der Waals surface area contributed by atoms with E-state index in [2.05, 4.69) is 10.6 Å². The van der Waals surface area contributed by atoms with Crippen molar-refractivity contribution in [2.45, 2.75) is 31.6 Å². The van der Waals surface area contributed by atoms with Crippen molar-refractivity contribution in [1.29, 1.82) is 0 Å². The Labute approximate surface area is 152 Å². The standard InChI is InChI=1S/C20H21ClN2O2/c1-2-13-22-19(25)20(11-12-20)14-7-9-15(10-8-14)23-18(24)16-5-3-4-6-17(16)21/h3-10H,2,11-13H2,1H3,(H,22,25)(H,23,24). The van der Waals surface area contributed by atoms with Crippen LogP contribution in [-0.2, 0) is 10.2 Å². The van der Waals surface area contributed by atoms with Crippen LogP contribution in [0, 0.1) is 0 Å². The molecular weight excluding hydrogens is 336 g/mol. The van der Waals surface area contributed by atoms with Gasteiger partial charge in [0, 0.05) is 12.2 Å². The number of anilines is 1. The maximum absolute atomic E-state index is 12.4. The first kappa shape index (κ1) is 17.5. The third-order valence-corrected chi connectivity index (χ3v) is 4.86. The second-order valence-electron chi connectivity index (χ2n) is 6.35. The van der Waals surface area contributed by atoms with Gasteiger partial charge in [0.15, 0.2) is 0 Å². The van der Waals surface area contributed by atoms with E-state index in [1.54, 1.807) is 24.3 Å². The van der Waals surface area contributed by atoms with Gasteiger partial charge in [-0.05, 0) is 49.1 Å². The molecule has 0 atom stereocenters. The van der Waals surface area contributed by atoms with Gasteiger partial charge in [0.25, 0.3) is 5.91 Å². The monoisotopic (exact) mass is 356 g/mol. The lowest BCUT2D eigenvalue weighted by molar-refractivity contribution is -0.123. The Morgan fingerprint density at radius 3 is 2.36 bits per heavy atom. The van der Waals surface area contributed by atoms with Crippen LogP contribution in [0.3, 0.4) is 0 Å². The van der Waals surface area contributed by atoms with Gasteiger partial charge in [-0.25, -0.2) is 0 Å². The molecule has 0 radical (unpaired) electrons. The van der Waals surface area contributed by atoms with Gasteiger partial charge >= 0.3 is 0 Å². The zero-order valence-electron chi connectivity index (χ0n) is 14.1. The van der Waals surface area contributed by atoms with Gasteiger partial charge in [0.2, 0.25) is 5.91 Å². The van der Waals surface area contributed by atoms with Crippen LogP contribution in [0.4, 0.5) is 5.69 Å². The minimum atomic E-state index is -0.388. The molecule has 2 amide bonds. The van der Waals surface area contributed by atoms with E-state index < -0.39 is 0 Å². The number of rotatable bonds is 6. The molecule has 130 valence electrons. The number of halogens is 1. The van der Waals surface area contributed by atoms with Crippen LogP contribution in [0.15, 0.2) is 48.5 Å². The average Bonchev–Trinajstić information content (AvgIpc) is 3.42. The molecule has 2 aromatic carbocycles. The topological polar surface area (TPSA) is 58.2 Å². The fourth-order valence-corrected chi connectivity index (χ4v) is 3.12. The van der Waals surface area contributed by atoms with E-state index in [1.807, 2.05) is 31.2 Å². The Morgan fingerprint density at radius 1 is 1.08 bits per heavy atom. The Morgan fingerprint density at radius 2 is 1.76 bits per heavy atom. The highest BCUT2D eigenvalue weighted by atomic mass is 35.5. The quantitative estimate of drug-likeness (QED) is 0.816. The van der Waals surface area contributed by atoms with E-state index in [1.165, 1.54) is 0 Å². The molecule has 0 spiro atoms. The van der Waals surface area contributed by atoms with Crippen LogP contribution in [0.2, 0.25) is 5.02 Å². The Bertz CT molecular complexity index is 783. The molecule has 0 bridgehead atoms. The summed E-state index contributed by atoms with van der Waals surface area (Å²) in [5.74, 6) is -0.151. The van der Waals surface area contributed by atoms with Crippen LogP contribution in [0.5, 0.6) is 0 Å². The molecule has 25 heavy (non-hydrogen) atoms. The van der Waals surface area contributed by atoms with Crippen molar-refractivity contribution in [2.75, 3.05) is 11.9 Å². The molecule has 1 aliphatic rings. The Hall–Kier alpha value is -2.33. The maximum Gasteiger partial charge on any atom is 0.257 e. The van der Waals surface area contributed by atoms with Gasteiger partial charge in [-0.2, -0.15) is 0 Å². The van der Waals surface area contributed by atoms with Gasteiger partial charge in [0.05, 0.1) is 16.0 Å². The predicted octanol–water partition coefficient (Wildman–Crippen LogP) is 4.15. The molecule has 2 N–H and O–H groups in total. The van der Waals surface area contributed by atoms with E-state index in [0.717, 1.165) is 24.8 Å². The number of carbonyl (C=O) groups is 2. The average molecular weight is 357 g/mol. The highest BCUT2D eigenvalue weighted by Crippen LogP contribution is 2.48. The van der Waals surface area contributed by atoms with Crippen LogP contribution in [0.25, 0.3) is 0 Å². The Balaban J connectivity index is 1.70. The molecular formula is C20H21ClN2O2. The second kappa shape index (κ2) is 7.28. The predicted molar refractivity (Wildman–Crippen MR) is 100 cm³/mol. The van der Waals surface area contributed by atoms with Gasteiger partial charge in [-0.15, -0.1) is 0 Å².